The number of hydrogen-bond donors (Lipinski definition) is 1. The molecule has 0 aromatic rings. The molecule has 0 rings (SSSR count). The molecule has 0 saturated carbocycles. The zero-order chi connectivity index (χ0) is 8.85. The topological polar surface area (TPSA) is 20.2 Å². The second-order valence-electron chi connectivity index (χ2n) is 2.86. The molecule has 1 N–H and O–H groups in total. The summed E-state index contributed by atoms with van der Waals surface area (Å²) in [7, 11) is 0. The van der Waals surface area contributed by atoms with Crippen LogP contribution in [0.3, 0.4) is 0 Å². The lowest BCUT2D eigenvalue weighted by atomic mass is 10.1. The zero-order valence-corrected chi connectivity index (χ0v) is 7.46. The standard InChI is InChI=1S/C10H16O/c1-5-9(4)6-7-10(11)8(2)3/h5-8,11H,1H2,2-4H3/b9-6-,10-7+. The molecule has 0 aromatic heterocycles. The zero-order valence-electron chi connectivity index (χ0n) is 7.46. The Balaban J connectivity index is 4.22. The van der Waals surface area contributed by atoms with Crippen molar-refractivity contribution in [1.82, 2.24) is 0 Å². The Hall–Kier alpha value is -0.980. The van der Waals surface area contributed by atoms with Crippen LogP contribution >= 0.6 is 0 Å². The van der Waals surface area contributed by atoms with Crippen LogP contribution in [0.25, 0.3) is 0 Å². The molecule has 0 unspecified atom stereocenters. The van der Waals surface area contributed by atoms with E-state index in [9.17, 15) is 5.11 Å². The minimum Gasteiger partial charge on any atom is -0.512 e. The molecule has 0 saturated heterocycles. The van der Waals surface area contributed by atoms with E-state index in [1.165, 1.54) is 0 Å². The molecule has 0 aliphatic carbocycles. The van der Waals surface area contributed by atoms with Crippen molar-refractivity contribution >= 4 is 0 Å². The molecule has 0 radical (unpaired) electrons. The molecule has 0 amide bonds. The lowest BCUT2D eigenvalue weighted by molar-refractivity contribution is 0.352. The van der Waals surface area contributed by atoms with Crippen molar-refractivity contribution < 1.29 is 5.11 Å². The highest BCUT2D eigenvalue weighted by molar-refractivity contribution is 5.21. The third-order valence-electron chi connectivity index (χ3n) is 1.43. The molecule has 0 spiro atoms. The molecule has 0 aliphatic rings. The van der Waals surface area contributed by atoms with Crippen LogP contribution in [-0.4, -0.2) is 5.11 Å². The minimum absolute atomic E-state index is 0.198. The molecule has 0 aromatic carbocycles. The molecule has 0 fully saturated rings. The fourth-order valence-electron chi connectivity index (χ4n) is 0.477. The molecule has 0 aliphatic heterocycles. The highest BCUT2D eigenvalue weighted by atomic mass is 16.3. The Morgan fingerprint density at radius 3 is 2.27 bits per heavy atom. The first-order valence-electron chi connectivity index (χ1n) is 3.77. The van der Waals surface area contributed by atoms with Gasteiger partial charge in [0.1, 0.15) is 0 Å². The van der Waals surface area contributed by atoms with Crippen LogP contribution in [0.5, 0.6) is 0 Å². The normalized spacial score (nSPS) is 13.8. The van der Waals surface area contributed by atoms with E-state index in [1.54, 1.807) is 12.2 Å². The van der Waals surface area contributed by atoms with E-state index in [4.69, 9.17) is 0 Å². The van der Waals surface area contributed by atoms with Crippen molar-refractivity contribution in [1.29, 1.82) is 0 Å². The van der Waals surface area contributed by atoms with Gasteiger partial charge in [0.15, 0.2) is 0 Å². The highest BCUT2D eigenvalue weighted by Gasteiger charge is 1.95. The van der Waals surface area contributed by atoms with Crippen molar-refractivity contribution in [2.24, 2.45) is 5.92 Å². The molecule has 0 bridgehead atoms. The van der Waals surface area contributed by atoms with Crippen molar-refractivity contribution in [3.63, 3.8) is 0 Å². The third-order valence-corrected chi connectivity index (χ3v) is 1.43. The SMILES string of the molecule is C=C/C(C)=C\C=C(\O)C(C)C. The van der Waals surface area contributed by atoms with Gasteiger partial charge in [0.2, 0.25) is 0 Å². The first-order chi connectivity index (χ1) is 5.07. The summed E-state index contributed by atoms with van der Waals surface area (Å²) in [5.74, 6) is 0.607. The second kappa shape index (κ2) is 4.78. The van der Waals surface area contributed by atoms with Gasteiger partial charge in [0.05, 0.1) is 5.76 Å². The van der Waals surface area contributed by atoms with E-state index in [0.29, 0.717) is 5.76 Å². The maximum absolute atomic E-state index is 9.25. The summed E-state index contributed by atoms with van der Waals surface area (Å²) >= 11 is 0. The van der Waals surface area contributed by atoms with Crippen LogP contribution in [0.4, 0.5) is 0 Å². The number of hydrogen-bond acceptors (Lipinski definition) is 1. The van der Waals surface area contributed by atoms with Gasteiger partial charge in [-0.3, -0.25) is 0 Å². The van der Waals surface area contributed by atoms with E-state index >= 15 is 0 Å². The Labute approximate surface area is 68.7 Å². The summed E-state index contributed by atoms with van der Waals surface area (Å²) in [6.07, 6.45) is 5.31. The number of allylic oxidation sites excluding steroid dienone is 5. The van der Waals surface area contributed by atoms with Crippen LogP contribution in [0.1, 0.15) is 20.8 Å². The smallest absolute Gasteiger partial charge is 0.0947 e. The van der Waals surface area contributed by atoms with E-state index in [1.807, 2.05) is 26.8 Å². The summed E-state index contributed by atoms with van der Waals surface area (Å²) in [6, 6.07) is 0. The van der Waals surface area contributed by atoms with Crippen molar-refractivity contribution in [3.8, 4) is 0 Å². The molecular weight excluding hydrogens is 136 g/mol. The summed E-state index contributed by atoms with van der Waals surface area (Å²) in [6.45, 7) is 9.44. The molecule has 0 atom stereocenters. The fraction of sp³-hybridized carbons (Fsp3) is 0.400. The predicted octanol–water partition coefficient (Wildman–Crippen LogP) is 3.22. The van der Waals surface area contributed by atoms with Crippen molar-refractivity contribution in [2.45, 2.75) is 20.8 Å². The van der Waals surface area contributed by atoms with Crippen LogP contribution in [0, 0.1) is 5.92 Å². The van der Waals surface area contributed by atoms with Crippen molar-refractivity contribution in [2.75, 3.05) is 0 Å². The van der Waals surface area contributed by atoms with Gasteiger partial charge in [0, 0.05) is 5.92 Å². The summed E-state index contributed by atoms with van der Waals surface area (Å²) in [5, 5.41) is 9.25. The molecule has 1 nitrogen and oxygen atoms in total. The quantitative estimate of drug-likeness (QED) is 0.486. The summed E-state index contributed by atoms with van der Waals surface area (Å²) in [5.41, 5.74) is 1.05. The van der Waals surface area contributed by atoms with E-state index < -0.39 is 0 Å². The molecule has 11 heavy (non-hydrogen) atoms. The lowest BCUT2D eigenvalue weighted by Gasteiger charge is -2.00. The van der Waals surface area contributed by atoms with E-state index in [2.05, 4.69) is 6.58 Å². The van der Waals surface area contributed by atoms with Crippen LogP contribution in [-0.2, 0) is 0 Å². The van der Waals surface area contributed by atoms with Crippen LogP contribution in [0.15, 0.2) is 36.1 Å². The van der Waals surface area contributed by atoms with Gasteiger partial charge < -0.3 is 5.11 Å². The van der Waals surface area contributed by atoms with Crippen LogP contribution < -0.4 is 0 Å². The Morgan fingerprint density at radius 1 is 1.36 bits per heavy atom. The fourth-order valence-corrected chi connectivity index (χ4v) is 0.477. The van der Waals surface area contributed by atoms with Gasteiger partial charge in [-0.05, 0) is 13.0 Å². The Bertz CT molecular complexity index is 185. The van der Waals surface area contributed by atoms with Gasteiger partial charge in [-0.15, -0.1) is 0 Å². The average molecular weight is 152 g/mol. The van der Waals surface area contributed by atoms with Crippen LogP contribution in [0.2, 0.25) is 0 Å². The number of rotatable bonds is 3. The minimum atomic E-state index is 0.198. The maximum atomic E-state index is 9.25. The second-order valence-corrected chi connectivity index (χ2v) is 2.86. The predicted molar refractivity (Wildman–Crippen MR) is 49.5 cm³/mol. The van der Waals surface area contributed by atoms with Gasteiger partial charge in [-0.25, -0.2) is 0 Å². The molecular formula is C10H16O. The summed E-state index contributed by atoms with van der Waals surface area (Å²) < 4.78 is 0. The Kier molecular flexibility index (Phi) is 4.35. The third kappa shape index (κ3) is 4.43. The maximum Gasteiger partial charge on any atom is 0.0947 e. The van der Waals surface area contributed by atoms with E-state index in [-0.39, 0.29) is 5.92 Å². The van der Waals surface area contributed by atoms with Gasteiger partial charge >= 0.3 is 0 Å². The molecule has 62 valence electrons. The Morgan fingerprint density at radius 2 is 1.91 bits per heavy atom. The van der Waals surface area contributed by atoms with Gasteiger partial charge in [0.25, 0.3) is 0 Å². The lowest BCUT2D eigenvalue weighted by Crippen LogP contribution is -1.90. The summed E-state index contributed by atoms with van der Waals surface area (Å²) in [4.78, 5) is 0. The van der Waals surface area contributed by atoms with Gasteiger partial charge in [-0.2, -0.15) is 0 Å². The molecule has 1 heteroatoms. The first kappa shape index (κ1) is 10.0. The largest absolute Gasteiger partial charge is 0.512 e. The monoisotopic (exact) mass is 152 g/mol. The first-order valence-corrected chi connectivity index (χ1v) is 3.77. The van der Waals surface area contributed by atoms with Crippen molar-refractivity contribution in [3.05, 3.63) is 36.1 Å². The highest BCUT2D eigenvalue weighted by Crippen LogP contribution is 2.05. The number of aliphatic hydroxyl groups is 1. The molecule has 0 heterocycles. The average Bonchev–Trinajstić information content (AvgIpc) is 1.99. The van der Waals surface area contributed by atoms with E-state index in [0.717, 1.165) is 5.57 Å². The number of aliphatic hydroxyl groups excluding tert-OH is 1. The van der Waals surface area contributed by atoms with Gasteiger partial charge in [-0.1, -0.05) is 38.2 Å².